The van der Waals surface area contributed by atoms with Crippen LogP contribution in [0.2, 0.25) is 0 Å². The average molecular weight is 197 g/mol. The van der Waals surface area contributed by atoms with Gasteiger partial charge in [-0.05, 0) is 12.5 Å². The van der Waals surface area contributed by atoms with Crippen molar-refractivity contribution >= 4 is 0 Å². The maximum Gasteiger partial charge on any atom is 0.246 e. The van der Waals surface area contributed by atoms with Crippen LogP contribution in [-0.4, -0.2) is 11.5 Å². The van der Waals surface area contributed by atoms with E-state index in [-0.39, 0.29) is 10.6 Å². The summed E-state index contributed by atoms with van der Waals surface area (Å²) in [4.78, 5) is 10.1. The molecule has 0 saturated carbocycles. The van der Waals surface area contributed by atoms with E-state index in [0.717, 1.165) is 18.6 Å². The third-order valence-corrected chi connectivity index (χ3v) is 2.11. The topological polar surface area (TPSA) is 52.4 Å². The summed E-state index contributed by atoms with van der Waals surface area (Å²) in [6, 6.07) is 0. The van der Waals surface area contributed by atoms with Gasteiger partial charge in [0, 0.05) is 18.9 Å². The minimum atomic E-state index is -0.334. The predicted molar refractivity (Wildman–Crippen MR) is 53.3 cm³/mol. The summed E-state index contributed by atoms with van der Waals surface area (Å²) in [6.07, 6.45) is 6.50. The number of ether oxygens (including phenoxy) is 1. The number of rotatable bonds is 5. The number of allylic oxidation sites excluding steroid dienone is 4. The van der Waals surface area contributed by atoms with E-state index in [0.29, 0.717) is 19.4 Å². The zero-order valence-corrected chi connectivity index (χ0v) is 8.36. The molecular weight excluding hydrogens is 182 g/mol. The van der Waals surface area contributed by atoms with E-state index in [1.807, 2.05) is 0 Å². The van der Waals surface area contributed by atoms with Crippen LogP contribution in [0.3, 0.4) is 0 Å². The van der Waals surface area contributed by atoms with Crippen LogP contribution in [0.1, 0.15) is 32.6 Å². The molecule has 0 fully saturated rings. The normalized spacial score (nSPS) is 15.8. The fraction of sp³-hybridized carbons (Fsp3) is 0.600. The van der Waals surface area contributed by atoms with E-state index in [1.165, 1.54) is 6.08 Å². The number of unbranched alkanes of at least 4 members (excludes halogenated alkanes) is 1. The lowest BCUT2D eigenvalue weighted by Crippen LogP contribution is -2.05. The largest absolute Gasteiger partial charge is 0.498 e. The smallest absolute Gasteiger partial charge is 0.246 e. The Balaban J connectivity index is 2.39. The predicted octanol–water partition coefficient (Wildman–Crippen LogP) is 2.64. The van der Waals surface area contributed by atoms with Gasteiger partial charge < -0.3 is 4.74 Å². The van der Waals surface area contributed by atoms with Crippen molar-refractivity contribution in [2.45, 2.75) is 32.6 Å². The van der Waals surface area contributed by atoms with Gasteiger partial charge in [-0.15, -0.1) is 0 Å². The molecule has 0 amide bonds. The number of hydrogen-bond donors (Lipinski definition) is 0. The van der Waals surface area contributed by atoms with Gasteiger partial charge in [0.05, 0.1) is 17.3 Å². The van der Waals surface area contributed by atoms with Gasteiger partial charge in [-0.1, -0.05) is 13.3 Å². The zero-order valence-electron chi connectivity index (χ0n) is 8.36. The molecule has 0 N–H and O–H groups in total. The van der Waals surface area contributed by atoms with Crippen LogP contribution in [0.25, 0.3) is 0 Å². The Hall–Kier alpha value is -1.32. The molecule has 4 heteroatoms. The summed E-state index contributed by atoms with van der Waals surface area (Å²) in [5.74, 6) is 0.865. The minimum absolute atomic E-state index is 0.271. The molecule has 0 aromatic heterocycles. The Bertz CT molecular complexity index is 269. The molecule has 0 atom stereocenters. The Morgan fingerprint density at radius 2 is 2.29 bits per heavy atom. The third-order valence-electron chi connectivity index (χ3n) is 2.11. The summed E-state index contributed by atoms with van der Waals surface area (Å²) >= 11 is 0. The Morgan fingerprint density at radius 1 is 1.50 bits per heavy atom. The number of hydrogen-bond acceptors (Lipinski definition) is 3. The van der Waals surface area contributed by atoms with Crippen molar-refractivity contribution < 1.29 is 9.66 Å². The Kier molecular flexibility index (Phi) is 4.16. The minimum Gasteiger partial charge on any atom is -0.498 e. The molecule has 14 heavy (non-hydrogen) atoms. The lowest BCUT2D eigenvalue weighted by molar-refractivity contribution is -0.428. The maximum absolute atomic E-state index is 10.4. The Morgan fingerprint density at radius 3 is 2.79 bits per heavy atom. The van der Waals surface area contributed by atoms with Gasteiger partial charge in [0.15, 0.2) is 0 Å². The molecule has 0 aromatic carbocycles. The highest BCUT2D eigenvalue weighted by atomic mass is 16.6. The molecule has 4 nitrogen and oxygen atoms in total. The molecule has 0 aromatic rings. The van der Waals surface area contributed by atoms with Crippen LogP contribution in [0.15, 0.2) is 23.6 Å². The number of nitro groups is 1. The van der Waals surface area contributed by atoms with Crippen molar-refractivity contribution in [3.05, 3.63) is 33.7 Å². The van der Waals surface area contributed by atoms with Crippen LogP contribution in [0, 0.1) is 10.1 Å². The highest BCUT2D eigenvalue weighted by molar-refractivity contribution is 5.16. The quantitative estimate of drug-likeness (QED) is 0.386. The second kappa shape index (κ2) is 5.42. The summed E-state index contributed by atoms with van der Waals surface area (Å²) in [7, 11) is 0. The molecule has 1 rings (SSSR count). The second-order valence-corrected chi connectivity index (χ2v) is 3.25. The van der Waals surface area contributed by atoms with Gasteiger partial charge in [0.25, 0.3) is 0 Å². The first-order valence-corrected chi connectivity index (χ1v) is 4.91. The second-order valence-electron chi connectivity index (χ2n) is 3.25. The van der Waals surface area contributed by atoms with Crippen LogP contribution >= 0.6 is 0 Å². The monoisotopic (exact) mass is 197 g/mol. The van der Waals surface area contributed by atoms with E-state index >= 15 is 0 Å². The molecule has 0 radical (unpaired) electrons. The SMILES string of the molecule is CCCCOC1=CC=C([N+](=O)[O-])CC1. The molecule has 0 unspecified atom stereocenters. The molecule has 78 valence electrons. The van der Waals surface area contributed by atoms with Crippen molar-refractivity contribution in [3.8, 4) is 0 Å². The molecule has 0 bridgehead atoms. The van der Waals surface area contributed by atoms with Gasteiger partial charge in [-0.3, -0.25) is 10.1 Å². The highest BCUT2D eigenvalue weighted by Crippen LogP contribution is 2.19. The van der Waals surface area contributed by atoms with Crippen molar-refractivity contribution in [2.75, 3.05) is 6.61 Å². The summed E-state index contributed by atoms with van der Waals surface area (Å²) < 4.78 is 5.45. The highest BCUT2D eigenvalue weighted by Gasteiger charge is 2.15. The van der Waals surface area contributed by atoms with Crippen molar-refractivity contribution in [2.24, 2.45) is 0 Å². The van der Waals surface area contributed by atoms with E-state index in [9.17, 15) is 10.1 Å². The fourth-order valence-electron chi connectivity index (χ4n) is 1.23. The van der Waals surface area contributed by atoms with Crippen LogP contribution in [0.4, 0.5) is 0 Å². The molecule has 1 aliphatic rings. The molecule has 0 spiro atoms. The van der Waals surface area contributed by atoms with Crippen molar-refractivity contribution in [1.29, 1.82) is 0 Å². The van der Waals surface area contributed by atoms with Gasteiger partial charge in [0.1, 0.15) is 0 Å². The third kappa shape index (κ3) is 3.20. The Labute approximate surface area is 83.4 Å². The summed E-state index contributed by atoms with van der Waals surface area (Å²) in [6.45, 7) is 2.81. The molecule has 0 aliphatic heterocycles. The fourth-order valence-corrected chi connectivity index (χ4v) is 1.23. The molecule has 1 aliphatic carbocycles. The first-order valence-electron chi connectivity index (χ1n) is 4.91. The van der Waals surface area contributed by atoms with Gasteiger partial charge in [-0.25, -0.2) is 0 Å². The molecule has 0 heterocycles. The van der Waals surface area contributed by atoms with E-state index in [1.54, 1.807) is 6.08 Å². The molecular formula is C10H15NO3. The van der Waals surface area contributed by atoms with Crippen LogP contribution in [-0.2, 0) is 4.74 Å². The first-order chi connectivity index (χ1) is 6.74. The van der Waals surface area contributed by atoms with E-state index in [4.69, 9.17) is 4.74 Å². The standard InChI is InChI=1S/C10H15NO3/c1-2-3-8-14-10-6-4-9(5-7-10)11(12)13/h4,6H,2-3,5,7-8H2,1H3. The van der Waals surface area contributed by atoms with Gasteiger partial charge >= 0.3 is 0 Å². The van der Waals surface area contributed by atoms with E-state index in [2.05, 4.69) is 6.92 Å². The van der Waals surface area contributed by atoms with Crippen LogP contribution in [0.5, 0.6) is 0 Å². The lowest BCUT2D eigenvalue weighted by atomic mass is 10.1. The van der Waals surface area contributed by atoms with Crippen LogP contribution < -0.4 is 0 Å². The summed E-state index contributed by atoms with van der Waals surface area (Å²) in [5, 5.41) is 10.4. The van der Waals surface area contributed by atoms with Gasteiger partial charge in [-0.2, -0.15) is 0 Å². The van der Waals surface area contributed by atoms with E-state index < -0.39 is 0 Å². The molecule has 0 saturated heterocycles. The van der Waals surface area contributed by atoms with Crippen molar-refractivity contribution in [1.82, 2.24) is 0 Å². The maximum atomic E-state index is 10.4. The zero-order chi connectivity index (χ0) is 10.4. The average Bonchev–Trinajstić information content (AvgIpc) is 2.19. The van der Waals surface area contributed by atoms with Gasteiger partial charge in [0.2, 0.25) is 5.70 Å². The number of nitrogens with zero attached hydrogens (tertiary/aromatic N) is 1. The van der Waals surface area contributed by atoms with Crippen molar-refractivity contribution in [3.63, 3.8) is 0 Å². The lowest BCUT2D eigenvalue weighted by Gasteiger charge is -2.11. The summed E-state index contributed by atoms with van der Waals surface area (Å²) in [5.41, 5.74) is 0.271. The first kappa shape index (κ1) is 10.8.